The largest absolute Gasteiger partial charge is 0.497 e. The summed E-state index contributed by atoms with van der Waals surface area (Å²) in [5.41, 5.74) is 4.62. The Morgan fingerprint density at radius 1 is 1.16 bits per heavy atom. The third-order valence-electron chi connectivity index (χ3n) is 6.45. The molecule has 8 nitrogen and oxygen atoms in total. The Bertz CT molecular complexity index is 1100. The summed E-state index contributed by atoms with van der Waals surface area (Å²) in [5.74, 6) is 1.59. The molecule has 8 heteroatoms. The van der Waals surface area contributed by atoms with Gasteiger partial charge in [0, 0.05) is 24.7 Å². The second-order valence-electron chi connectivity index (χ2n) is 8.51. The summed E-state index contributed by atoms with van der Waals surface area (Å²) >= 11 is 0. The first-order valence-corrected chi connectivity index (χ1v) is 11.3. The lowest BCUT2D eigenvalue weighted by Crippen LogP contribution is -2.45. The predicted molar refractivity (Wildman–Crippen MR) is 122 cm³/mol. The molecular weight excluding hydrogens is 404 g/mol. The first kappa shape index (κ1) is 20.5. The molecule has 2 N–H and O–H groups in total. The zero-order valence-corrected chi connectivity index (χ0v) is 18.3. The molecular formula is C24H28N6O2. The number of hydrogen-bond donors (Lipinski definition) is 2. The molecule has 3 heterocycles. The summed E-state index contributed by atoms with van der Waals surface area (Å²) < 4.78 is 5.30. The smallest absolute Gasteiger partial charge is 0.255 e. The van der Waals surface area contributed by atoms with Crippen molar-refractivity contribution in [2.24, 2.45) is 0 Å². The normalized spacial score (nSPS) is 16.5. The molecule has 1 aromatic carbocycles. The van der Waals surface area contributed by atoms with Crippen molar-refractivity contribution in [3.63, 3.8) is 0 Å². The number of ether oxygens (including phenoxy) is 1. The number of benzene rings is 1. The van der Waals surface area contributed by atoms with E-state index in [2.05, 4.69) is 36.7 Å². The van der Waals surface area contributed by atoms with E-state index >= 15 is 0 Å². The fourth-order valence-electron chi connectivity index (χ4n) is 4.61. The summed E-state index contributed by atoms with van der Waals surface area (Å²) in [6.07, 6.45) is 7.92. The molecule has 1 aliphatic carbocycles. The standard InChI is InChI=1S/C24H28N6O2/c1-32-19-7-4-6-17(13-19)23-20(15-25-29-23)24(31)26-18-9-11-30(12-10-18)22-14-16-5-2-3-8-21(16)27-28-22/h4,6-7,13-15,18H,2-3,5,8-12H2,1H3,(H,25,29)(H,26,31). The molecule has 1 aliphatic heterocycles. The number of hydrogen-bond acceptors (Lipinski definition) is 6. The molecule has 0 unspecified atom stereocenters. The molecule has 2 aromatic heterocycles. The molecule has 1 amide bonds. The number of nitrogens with one attached hydrogen (secondary N) is 2. The number of methoxy groups -OCH3 is 1. The van der Waals surface area contributed by atoms with Gasteiger partial charge >= 0.3 is 0 Å². The van der Waals surface area contributed by atoms with Crippen LogP contribution in [-0.2, 0) is 12.8 Å². The Hall–Kier alpha value is -3.42. The number of amides is 1. The van der Waals surface area contributed by atoms with Crippen LogP contribution in [0.15, 0.2) is 36.5 Å². The Labute approximate surface area is 187 Å². The van der Waals surface area contributed by atoms with Gasteiger partial charge in [0.25, 0.3) is 5.91 Å². The number of aryl methyl sites for hydroxylation is 2. The molecule has 3 aromatic rings. The van der Waals surface area contributed by atoms with Crippen LogP contribution in [0.25, 0.3) is 11.3 Å². The van der Waals surface area contributed by atoms with E-state index in [1.165, 1.54) is 18.4 Å². The van der Waals surface area contributed by atoms with Gasteiger partial charge in [0.2, 0.25) is 0 Å². The number of fused-ring (bicyclic) bond motifs is 1. The fourth-order valence-corrected chi connectivity index (χ4v) is 4.61. The van der Waals surface area contributed by atoms with E-state index in [1.807, 2.05) is 24.3 Å². The van der Waals surface area contributed by atoms with Gasteiger partial charge in [0.15, 0.2) is 5.82 Å². The molecule has 1 fully saturated rings. The van der Waals surface area contributed by atoms with Crippen LogP contribution < -0.4 is 15.0 Å². The van der Waals surface area contributed by atoms with Gasteiger partial charge in [-0.05, 0) is 62.3 Å². The van der Waals surface area contributed by atoms with Crippen LogP contribution in [0.5, 0.6) is 5.75 Å². The van der Waals surface area contributed by atoms with Gasteiger partial charge in [0.05, 0.1) is 30.3 Å². The van der Waals surface area contributed by atoms with Crippen LogP contribution in [0, 0.1) is 0 Å². The summed E-state index contributed by atoms with van der Waals surface area (Å²) in [6, 6.07) is 9.94. The van der Waals surface area contributed by atoms with Gasteiger partial charge < -0.3 is 15.0 Å². The first-order chi connectivity index (χ1) is 15.7. The van der Waals surface area contributed by atoms with Crippen LogP contribution in [-0.4, -0.2) is 52.5 Å². The van der Waals surface area contributed by atoms with Crippen LogP contribution in [0.4, 0.5) is 5.82 Å². The number of carbonyl (C=O) groups is 1. The zero-order chi connectivity index (χ0) is 21.9. The Kier molecular flexibility index (Phi) is 5.75. The lowest BCUT2D eigenvalue weighted by Gasteiger charge is -2.33. The lowest BCUT2D eigenvalue weighted by atomic mass is 9.96. The van der Waals surface area contributed by atoms with Crippen LogP contribution >= 0.6 is 0 Å². The monoisotopic (exact) mass is 432 g/mol. The van der Waals surface area contributed by atoms with Gasteiger partial charge in [0.1, 0.15) is 5.75 Å². The molecule has 0 saturated carbocycles. The summed E-state index contributed by atoms with van der Waals surface area (Å²) in [5, 5.41) is 19.2. The average Bonchev–Trinajstić information content (AvgIpc) is 3.35. The van der Waals surface area contributed by atoms with Gasteiger partial charge in [-0.3, -0.25) is 9.89 Å². The molecule has 5 rings (SSSR count). The molecule has 2 aliphatic rings. The number of piperidine rings is 1. The minimum Gasteiger partial charge on any atom is -0.497 e. The number of nitrogens with zero attached hydrogens (tertiary/aromatic N) is 4. The molecule has 166 valence electrons. The van der Waals surface area contributed by atoms with Crippen LogP contribution in [0.1, 0.15) is 47.3 Å². The summed E-state index contributed by atoms with van der Waals surface area (Å²) in [7, 11) is 1.63. The van der Waals surface area contributed by atoms with Gasteiger partial charge in [-0.2, -0.15) is 10.2 Å². The highest BCUT2D eigenvalue weighted by atomic mass is 16.5. The molecule has 0 atom stereocenters. The predicted octanol–water partition coefficient (Wildman–Crippen LogP) is 3.15. The number of carbonyl (C=O) groups excluding carboxylic acids is 1. The van der Waals surface area contributed by atoms with Gasteiger partial charge in [-0.25, -0.2) is 0 Å². The quantitative estimate of drug-likeness (QED) is 0.643. The first-order valence-electron chi connectivity index (χ1n) is 11.3. The number of H-pyrrole nitrogens is 1. The topological polar surface area (TPSA) is 96.0 Å². The van der Waals surface area contributed by atoms with Crippen molar-refractivity contribution in [1.82, 2.24) is 25.7 Å². The van der Waals surface area contributed by atoms with Crippen molar-refractivity contribution in [1.29, 1.82) is 0 Å². The number of anilines is 1. The fraction of sp³-hybridized carbons (Fsp3) is 0.417. The van der Waals surface area contributed by atoms with E-state index in [0.717, 1.165) is 61.6 Å². The van der Waals surface area contributed by atoms with E-state index in [1.54, 1.807) is 13.3 Å². The third kappa shape index (κ3) is 4.17. The molecule has 0 radical (unpaired) electrons. The van der Waals surface area contributed by atoms with Crippen molar-refractivity contribution in [2.45, 2.75) is 44.6 Å². The Morgan fingerprint density at radius 3 is 2.84 bits per heavy atom. The molecule has 32 heavy (non-hydrogen) atoms. The second kappa shape index (κ2) is 8.98. The van der Waals surface area contributed by atoms with E-state index < -0.39 is 0 Å². The maximum absolute atomic E-state index is 13.0. The van der Waals surface area contributed by atoms with Crippen molar-refractivity contribution in [3.05, 3.63) is 53.3 Å². The summed E-state index contributed by atoms with van der Waals surface area (Å²) in [6.45, 7) is 1.71. The SMILES string of the molecule is COc1cccc(-c2[nH]ncc2C(=O)NC2CCN(c3cc4c(nn3)CCCC4)CC2)c1. The Balaban J connectivity index is 1.22. The van der Waals surface area contributed by atoms with Gasteiger partial charge in [-0.1, -0.05) is 12.1 Å². The van der Waals surface area contributed by atoms with Crippen LogP contribution in [0.2, 0.25) is 0 Å². The van der Waals surface area contributed by atoms with Crippen molar-refractivity contribution >= 4 is 11.7 Å². The van der Waals surface area contributed by atoms with E-state index in [9.17, 15) is 4.79 Å². The minimum absolute atomic E-state index is 0.108. The number of aromatic nitrogens is 4. The highest BCUT2D eigenvalue weighted by molar-refractivity contribution is 6.00. The summed E-state index contributed by atoms with van der Waals surface area (Å²) in [4.78, 5) is 15.3. The van der Waals surface area contributed by atoms with E-state index in [0.29, 0.717) is 11.3 Å². The van der Waals surface area contributed by atoms with E-state index in [4.69, 9.17) is 4.74 Å². The van der Waals surface area contributed by atoms with E-state index in [-0.39, 0.29) is 11.9 Å². The van der Waals surface area contributed by atoms with Crippen molar-refractivity contribution < 1.29 is 9.53 Å². The molecule has 0 spiro atoms. The molecule has 0 bridgehead atoms. The van der Waals surface area contributed by atoms with Gasteiger partial charge in [-0.15, -0.1) is 5.10 Å². The highest BCUT2D eigenvalue weighted by Gasteiger charge is 2.25. The maximum Gasteiger partial charge on any atom is 0.255 e. The average molecular weight is 433 g/mol. The van der Waals surface area contributed by atoms with Crippen molar-refractivity contribution in [2.75, 3.05) is 25.1 Å². The molecule has 1 saturated heterocycles. The Morgan fingerprint density at radius 2 is 2.00 bits per heavy atom. The maximum atomic E-state index is 13.0. The van der Waals surface area contributed by atoms with Crippen molar-refractivity contribution in [3.8, 4) is 17.0 Å². The highest BCUT2D eigenvalue weighted by Crippen LogP contribution is 2.26. The second-order valence-corrected chi connectivity index (χ2v) is 8.51. The zero-order valence-electron chi connectivity index (χ0n) is 18.3. The number of aromatic amines is 1. The number of rotatable bonds is 5. The lowest BCUT2D eigenvalue weighted by molar-refractivity contribution is 0.0932. The minimum atomic E-state index is -0.108. The van der Waals surface area contributed by atoms with Crippen LogP contribution in [0.3, 0.4) is 0 Å². The third-order valence-corrected chi connectivity index (χ3v) is 6.45.